The van der Waals surface area contributed by atoms with Gasteiger partial charge in [0.1, 0.15) is 5.75 Å². The van der Waals surface area contributed by atoms with Crippen molar-refractivity contribution in [2.45, 2.75) is 25.7 Å². The summed E-state index contributed by atoms with van der Waals surface area (Å²) in [6.07, 6.45) is 1.25. The zero-order valence-electron chi connectivity index (χ0n) is 14.5. The average Bonchev–Trinajstić information content (AvgIpc) is 2.63. The van der Waals surface area contributed by atoms with Gasteiger partial charge in [-0.15, -0.1) is 0 Å². The number of aryl methyl sites for hydroxylation is 1. The van der Waals surface area contributed by atoms with E-state index in [2.05, 4.69) is 10.6 Å². The van der Waals surface area contributed by atoms with Crippen molar-refractivity contribution in [3.63, 3.8) is 0 Å². The van der Waals surface area contributed by atoms with Crippen molar-refractivity contribution >= 4 is 17.5 Å². The highest BCUT2D eigenvalue weighted by atomic mass is 16.5. The molecule has 0 saturated carbocycles. The highest BCUT2D eigenvalue weighted by Crippen LogP contribution is 2.35. The van der Waals surface area contributed by atoms with Gasteiger partial charge in [-0.1, -0.05) is 18.2 Å². The number of anilines is 1. The molecule has 0 radical (unpaired) electrons. The summed E-state index contributed by atoms with van der Waals surface area (Å²) in [4.78, 5) is 24.2. The Labute approximate surface area is 147 Å². The maximum absolute atomic E-state index is 12.5. The molecule has 0 saturated heterocycles. The van der Waals surface area contributed by atoms with Crippen LogP contribution in [0.5, 0.6) is 5.75 Å². The minimum atomic E-state index is -0.139. The van der Waals surface area contributed by atoms with Gasteiger partial charge < -0.3 is 15.4 Å². The van der Waals surface area contributed by atoms with Crippen LogP contribution in [0.3, 0.4) is 0 Å². The number of para-hydroxylation sites is 1. The van der Waals surface area contributed by atoms with Crippen LogP contribution in [-0.4, -0.2) is 25.5 Å². The largest absolute Gasteiger partial charge is 0.493 e. The molecule has 25 heavy (non-hydrogen) atoms. The molecule has 0 aromatic heterocycles. The Morgan fingerprint density at radius 3 is 2.76 bits per heavy atom. The molecule has 1 aliphatic heterocycles. The van der Waals surface area contributed by atoms with E-state index in [1.165, 1.54) is 0 Å². The van der Waals surface area contributed by atoms with Crippen LogP contribution in [0.2, 0.25) is 0 Å². The molecular weight excluding hydrogens is 316 g/mol. The second kappa shape index (κ2) is 7.38. The van der Waals surface area contributed by atoms with Crippen molar-refractivity contribution in [3.05, 3.63) is 59.2 Å². The van der Waals surface area contributed by atoms with Crippen molar-refractivity contribution in [2.24, 2.45) is 0 Å². The summed E-state index contributed by atoms with van der Waals surface area (Å²) in [5, 5.41) is 5.56. The third-order valence-corrected chi connectivity index (χ3v) is 4.50. The molecule has 2 N–H and O–H groups in total. The Balaban J connectivity index is 1.69. The molecule has 0 spiro atoms. The predicted octanol–water partition coefficient (Wildman–Crippen LogP) is 3.25. The fourth-order valence-electron chi connectivity index (χ4n) is 3.14. The molecular formula is C20H22N2O3. The number of amides is 2. The van der Waals surface area contributed by atoms with Crippen LogP contribution in [0.25, 0.3) is 0 Å². The lowest BCUT2D eigenvalue weighted by Crippen LogP contribution is -2.21. The quantitative estimate of drug-likeness (QED) is 0.899. The van der Waals surface area contributed by atoms with Gasteiger partial charge >= 0.3 is 0 Å². The van der Waals surface area contributed by atoms with Gasteiger partial charge in [-0.05, 0) is 54.7 Å². The van der Waals surface area contributed by atoms with Gasteiger partial charge in [-0.3, -0.25) is 9.59 Å². The van der Waals surface area contributed by atoms with Crippen molar-refractivity contribution in [1.29, 1.82) is 0 Å². The van der Waals surface area contributed by atoms with Crippen LogP contribution in [0.15, 0.2) is 42.5 Å². The summed E-state index contributed by atoms with van der Waals surface area (Å²) >= 11 is 0. The number of nitrogens with one attached hydrogen (secondary N) is 2. The predicted molar refractivity (Wildman–Crippen MR) is 97.1 cm³/mol. The van der Waals surface area contributed by atoms with Gasteiger partial charge in [0.05, 0.1) is 6.61 Å². The van der Waals surface area contributed by atoms with E-state index in [9.17, 15) is 9.59 Å². The van der Waals surface area contributed by atoms with E-state index in [-0.39, 0.29) is 17.7 Å². The van der Waals surface area contributed by atoms with Crippen LogP contribution < -0.4 is 15.4 Å². The third kappa shape index (κ3) is 3.82. The first-order valence-electron chi connectivity index (χ1n) is 8.43. The lowest BCUT2D eigenvalue weighted by Gasteiger charge is -2.25. The van der Waals surface area contributed by atoms with Gasteiger partial charge in [0.25, 0.3) is 5.91 Å². The van der Waals surface area contributed by atoms with E-state index >= 15 is 0 Å². The molecule has 0 fully saturated rings. The van der Waals surface area contributed by atoms with Gasteiger partial charge in [0, 0.05) is 24.7 Å². The number of hydrogen-bond acceptors (Lipinski definition) is 3. The molecule has 0 aliphatic carbocycles. The molecule has 5 heteroatoms. The minimum Gasteiger partial charge on any atom is -0.493 e. The zero-order chi connectivity index (χ0) is 17.8. The van der Waals surface area contributed by atoms with Crippen LogP contribution in [0.1, 0.15) is 40.2 Å². The van der Waals surface area contributed by atoms with Gasteiger partial charge in [0.2, 0.25) is 5.91 Å². The van der Waals surface area contributed by atoms with E-state index in [1.807, 2.05) is 31.2 Å². The molecule has 130 valence electrons. The number of ether oxygens (including phenoxy) is 1. The summed E-state index contributed by atoms with van der Waals surface area (Å²) in [7, 11) is 1.60. The fraction of sp³-hybridized carbons (Fsp3) is 0.300. The Hall–Kier alpha value is -2.82. The van der Waals surface area contributed by atoms with Crippen LogP contribution >= 0.6 is 0 Å². The molecule has 1 unspecified atom stereocenters. The number of carbonyl (C=O) groups is 2. The number of carbonyl (C=O) groups excluding carboxylic acids is 2. The monoisotopic (exact) mass is 338 g/mol. The summed E-state index contributed by atoms with van der Waals surface area (Å²) < 4.78 is 5.65. The van der Waals surface area contributed by atoms with E-state index < -0.39 is 0 Å². The van der Waals surface area contributed by atoms with Gasteiger partial charge in [-0.2, -0.15) is 0 Å². The third-order valence-electron chi connectivity index (χ3n) is 4.50. The first-order valence-corrected chi connectivity index (χ1v) is 8.43. The SMILES string of the molecule is CNC(=O)c1ccc(NC(=O)CC2CCOc3ccccc32)c(C)c1. The number of benzene rings is 2. The van der Waals surface area contributed by atoms with Crippen LogP contribution in [-0.2, 0) is 4.79 Å². The lowest BCUT2D eigenvalue weighted by atomic mass is 9.90. The van der Waals surface area contributed by atoms with Crippen molar-refractivity contribution < 1.29 is 14.3 Å². The number of hydrogen-bond donors (Lipinski definition) is 2. The molecule has 1 aliphatic rings. The Kier molecular flexibility index (Phi) is 5.03. The summed E-state index contributed by atoms with van der Waals surface area (Å²) in [6, 6.07) is 13.1. The maximum atomic E-state index is 12.5. The minimum absolute atomic E-state index is 0.0301. The Morgan fingerprint density at radius 2 is 2.00 bits per heavy atom. The first kappa shape index (κ1) is 17.0. The molecule has 3 rings (SSSR count). The summed E-state index contributed by atoms with van der Waals surface area (Å²) in [5.41, 5.74) is 3.27. The summed E-state index contributed by atoms with van der Waals surface area (Å²) in [6.45, 7) is 2.51. The normalized spacial score (nSPS) is 15.7. The van der Waals surface area contributed by atoms with Crippen LogP contribution in [0, 0.1) is 6.92 Å². The Bertz CT molecular complexity index is 801. The second-order valence-corrected chi connectivity index (χ2v) is 6.23. The molecule has 1 atom stereocenters. The van der Waals surface area contributed by atoms with E-state index in [1.54, 1.807) is 25.2 Å². The molecule has 2 amide bonds. The van der Waals surface area contributed by atoms with Crippen molar-refractivity contribution in [2.75, 3.05) is 19.0 Å². The lowest BCUT2D eigenvalue weighted by molar-refractivity contribution is -0.116. The molecule has 2 aromatic rings. The average molecular weight is 338 g/mol. The zero-order valence-corrected chi connectivity index (χ0v) is 14.5. The highest BCUT2D eigenvalue weighted by molar-refractivity contribution is 5.96. The maximum Gasteiger partial charge on any atom is 0.251 e. The first-order chi connectivity index (χ1) is 12.1. The highest BCUT2D eigenvalue weighted by Gasteiger charge is 2.23. The van der Waals surface area contributed by atoms with E-state index in [0.717, 1.165) is 29.0 Å². The second-order valence-electron chi connectivity index (χ2n) is 6.23. The molecule has 1 heterocycles. The van der Waals surface area contributed by atoms with E-state index in [0.29, 0.717) is 18.6 Å². The molecule has 5 nitrogen and oxygen atoms in total. The molecule has 0 bridgehead atoms. The van der Waals surface area contributed by atoms with Crippen molar-refractivity contribution in [3.8, 4) is 5.75 Å². The van der Waals surface area contributed by atoms with Gasteiger partial charge in [-0.25, -0.2) is 0 Å². The topological polar surface area (TPSA) is 67.4 Å². The van der Waals surface area contributed by atoms with Crippen molar-refractivity contribution in [1.82, 2.24) is 5.32 Å². The Morgan fingerprint density at radius 1 is 1.20 bits per heavy atom. The molecule has 2 aromatic carbocycles. The van der Waals surface area contributed by atoms with Crippen LogP contribution in [0.4, 0.5) is 5.69 Å². The van der Waals surface area contributed by atoms with Gasteiger partial charge in [0.15, 0.2) is 0 Å². The number of fused-ring (bicyclic) bond motifs is 1. The standard InChI is InChI=1S/C20H22N2O3/c1-13-11-15(20(24)21-2)7-8-17(13)22-19(23)12-14-9-10-25-18-6-4-3-5-16(14)18/h3-8,11,14H,9-10,12H2,1-2H3,(H,21,24)(H,22,23). The fourth-order valence-corrected chi connectivity index (χ4v) is 3.14. The van der Waals surface area contributed by atoms with E-state index in [4.69, 9.17) is 4.74 Å². The summed E-state index contributed by atoms with van der Waals surface area (Å²) in [5.74, 6) is 0.866. The number of rotatable bonds is 4. The smallest absolute Gasteiger partial charge is 0.251 e.